The lowest BCUT2D eigenvalue weighted by molar-refractivity contribution is 0.415. The van der Waals surface area contributed by atoms with E-state index in [2.05, 4.69) is 48.6 Å². The van der Waals surface area contributed by atoms with Gasteiger partial charge in [-0.3, -0.25) is 0 Å². The van der Waals surface area contributed by atoms with Crippen LogP contribution in [0.15, 0.2) is 54.6 Å². The van der Waals surface area contributed by atoms with Gasteiger partial charge in [0.1, 0.15) is 5.75 Å². The van der Waals surface area contributed by atoms with Crippen LogP contribution in [0.5, 0.6) is 5.75 Å². The molecule has 0 bridgehead atoms. The number of methoxy groups -OCH3 is 1. The van der Waals surface area contributed by atoms with Crippen LogP contribution in [0.25, 0.3) is 0 Å². The lowest BCUT2D eigenvalue weighted by Gasteiger charge is -2.20. The van der Waals surface area contributed by atoms with E-state index in [0.29, 0.717) is 6.04 Å². The van der Waals surface area contributed by atoms with E-state index in [1.165, 1.54) is 18.4 Å². The van der Waals surface area contributed by atoms with Gasteiger partial charge in [0, 0.05) is 11.8 Å². The third kappa shape index (κ3) is 4.02. The van der Waals surface area contributed by atoms with E-state index in [9.17, 15) is 0 Å². The van der Waals surface area contributed by atoms with Gasteiger partial charge in [0.15, 0.2) is 0 Å². The Labute approximate surface area is 121 Å². The molecule has 0 aromatic heterocycles. The first-order valence-corrected chi connectivity index (χ1v) is 7.29. The van der Waals surface area contributed by atoms with Gasteiger partial charge in [0.05, 0.1) is 13.2 Å². The Hall–Kier alpha value is -1.96. The summed E-state index contributed by atoms with van der Waals surface area (Å²) in [4.78, 5) is 0. The Kier molecular flexibility index (Phi) is 5.48. The van der Waals surface area contributed by atoms with E-state index in [0.717, 1.165) is 17.9 Å². The van der Waals surface area contributed by atoms with Crippen molar-refractivity contribution in [1.82, 2.24) is 0 Å². The first kappa shape index (κ1) is 14.4. The van der Waals surface area contributed by atoms with Gasteiger partial charge >= 0.3 is 0 Å². The number of anilines is 1. The third-order valence-corrected chi connectivity index (χ3v) is 3.46. The average Bonchev–Trinajstić information content (AvgIpc) is 2.52. The highest BCUT2D eigenvalue weighted by Gasteiger charge is 2.10. The van der Waals surface area contributed by atoms with Crippen LogP contribution >= 0.6 is 0 Å². The zero-order valence-electron chi connectivity index (χ0n) is 12.3. The third-order valence-electron chi connectivity index (χ3n) is 3.46. The summed E-state index contributed by atoms with van der Waals surface area (Å²) in [5.41, 5.74) is 2.44. The van der Waals surface area contributed by atoms with Gasteiger partial charge < -0.3 is 10.1 Å². The minimum absolute atomic E-state index is 0.350. The van der Waals surface area contributed by atoms with E-state index < -0.39 is 0 Å². The molecule has 106 valence electrons. The highest BCUT2D eigenvalue weighted by molar-refractivity contribution is 5.49. The molecule has 0 aliphatic heterocycles. The van der Waals surface area contributed by atoms with Gasteiger partial charge in [0.25, 0.3) is 0 Å². The fourth-order valence-corrected chi connectivity index (χ4v) is 2.33. The van der Waals surface area contributed by atoms with Crippen molar-refractivity contribution in [1.29, 1.82) is 0 Å². The molecule has 20 heavy (non-hydrogen) atoms. The van der Waals surface area contributed by atoms with Crippen molar-refractivity contribution in [2.45, 2.75) is 32.2 Å². The zero-order chi connectivity index (χ0) is 14.2. The van der Waals surface area contributed by atoms with E-state index in [-0.39, 0.29) is 0 Å². The Morgan fingerprint density at radius 1 is 1.05 bits per heavy atom. The predicted molar refractivity (Wildman–Crippen MR) is 85.3 cm³/mol. The molecular formula is C18H23NO. The molecule has 0 radical (unpaired) electrons. The minimum Gasteiger partial charge on any atom is -0.497 e. The second-order valence-corrected chi connectivity index (χ2v) is 4.98. The molecule has 1 atom stereocenters. The second-order valence-electron chi connectivity index (χ2n) is 4.98. The second kappa shape index (κ2) is 7.59. The highest BCUT2D eigenvalue weighted by atomic mass is 16.5. The normalized spacial score (nSPS) is 11.9. The van der Waals surface area contributed by atoms with Crippen LogP contribution in [-0.4, -0.2) is 7.11 Å². The lowest BCUT2D eigenvalue weighted by Crippen LogP contribution is -2.10. The Balaban J connectivity index is 2.14. The standard InChI is InChI=1S/C18H23NO/c1-3-4-13-18(15-9-6-5-7-10-15)19-16-11-8-12-17(14-16)20-2/h5-12,14,18-19H,3-4,13H2,1-2H3. The summed E-state index contributed by atoms with van der Waals surface area (Å²) < 4.78 is 5.28. The fraction of sp³-hybridized carbons (Fsp3) is 0.333. The van der Waals surface area contributed by atoms with Gasteiger partial charge in [-0.15, -0.1) is 0 Å². The van der Waals surface area contributed by atoms with Crippen molar-refractivity contribution in [3.05, 3.63) is 60.2 Å². The molecule has 0 aliphatic carbocycles. The molecule has 1 unspecified atom stereocenters. The summed E-state index contributed by atoms with van der Waals surface area (Å²) in [6.07, 6.45) is 3.57. The van der Waals surface area contributed by atoms with Crippen molar-refractivity contribution in [3.63, 3.8) is 0 Å². The van der Waals surface area contributed by atoms with Crippen LogP contribution in [0.2, 0.25) is 0 Å². The van der Waals surface area contributed by atoms with Gasteiger partial charge in [0.2, 0.25) is 0 Å². The van der Waals surface area contributed by atoms with Crippen LogP contribution in [0.1, 0.15) is 37.8 Å². The molecule has 2 heteroatoms. The van der Waals surface area contributed by atoms with Crippen LogP contribution in [-0.2, 0) is 0 Å². The largest absolute Gasteiger partial charge is 0.497 e. The summed E-state index contributed by atoms with van der Waals surface area (Å²) >= 11 is 0. The molecule has 0 amide bonds. The van der Waals surface area contributed by atoms with Crippen LogP contribution in [0.4, 0.5) is 5.69 Å². The summed E-state index contributed by atoms with van der Waals surface area (Å²) in [6.45, 7) is 2.23. The van der Waals surface area contributed by atoms with Crippen molar-refractivity contribution >= 4 is 5.69 Å². The molecule has 2 nitrogen and oxygen atoms in total. The number of hydrogen-bond acceptors (Lipinski definition) is 2. The van der Waals surface area contributed by atoms with E-state index in [1.807, 2.05) is 18.2 Å². The van der Waals surface area contributed by atoms with Crippen LogP contribution in [0.3, 0.4) is 0 Å². The molecule has 0 spiro atoms. The number of hydrogen-bond donors (Lipinski definition) is 1. The molecule has 2 aromatic carbocycles. The summed E-state index contributed by atoms with van der Waals surface area (Å²) in [6, 6.07) is 19.1. The minimum atomic E-state index is 0.350. The van der Waals surface area contributed by atoms with Crippen molar-refractivity contribution < 1.29 is 4.74 Å². The maximum atomic E-state index is 5.28. The molecular weight excluding hydrogens is 246 g/mol. The number of nitrogens with one attached hydrogen (secondary N) is 1. The number of rotatable bonds is 7. The van der Waals surface area contributed by atoms with E-state index in [4.69, 9.17) is 4.74 Å². The maximum absolute atomic E-state index is 5.28. The summed E-state index contributed by atoms with van der Waals surface area (Å²) in [5, 5.41) is 3.62. The highest BCUT2D eigenvalue weighted by Crippen LogP contribution is 2.26. The first-order chi connectivity index (χ1) is 9.83. The number of ether oxygens (including phenoxy) is 1. The molecule has 0 aliphatic rings. The molecule has 0 fully saturated rings. The first-order valence-electron chi connectivity index (χ1n) is 7.29. The smallest absolute Gasteiger partial charge is 0.120 e. The van der Waals surface area contributed by atoms with Gasteiger partial charge in [-0.05, 0) is 24.1 Å². The topological polar surface area (TPSA) is 21.3 Å². The Morgan fingerprint density at radius 2 is 1.85 bits per heavy atom. The van der Waals surface area contributed by atoms with Crippen molar-refractivity contribution in [2.75, 3.05) is 12.4 Å². The molecule has 2 aromatic rings. The van der Waals surface area contributed by atoms with Crippen LogP contribution in [0, 0.1) is 0 Å². The SMILES string of the molecule is CCCCC(Nc1cccc(OC)c1)c1ccccc1. The average molecular weight is 269 g/mol. The van der Waals surface area contributed by atoms with Gasteiger partial charge in [-0.2, -0.15) is 0 Å². The predicted octanol–water partition coefficient (Wildman–Crippen LogP) is 5.04. The zero-order valence-corrected chi connectivity index (χ0v) is 12.3. The molecule has 0 heterocycles. The lowest BCUT2D eigenvalue weighted by atomic mass is 10.0. The van der Waals surface area contributed by atoms with Crippen molar-refractivity contribution in [2.24, 2.45) is 0 Å². The molecule has 0 saturated carbocycles. The molecule has 2 rings (SSSR count). The fourth-order valence-electron chi connectivity index (χ4n) is 2.33. The number of unbranched alkanes of at least 4 members (excludes halogenated alkanes) is 1. The van der Waals surface area contributed by atoms with Crippen molar-refractivity contribution in [3.8, 4) is 5.75 Å². The van der Waals surface area contributed by atoms with E-state index >= 15 is 0 Å². The van der Waals surface area contributed by atoms with E-state index in [1.54, 1.807) is 7.11 Å². The summed E-state index contributed by atoms with van der Waals surface area (Å²) in [7, 11) is 1.70. The number of benzene rings is 2. The van der Waals surface area contributed by atoms with Gasteiger partial charge in [-0.25, -0.2) is 0 Å². The molecule has 0 saturated heterocycles. The monoisotopic (exact) mass is 269 g/mol. The Morgan fingerprint density at radius 3 is 2.55 bits per heavy atom. The summed E-state index contributed by atoms with van der Waals surface area (Å²) in [5.74, 6) is 0.886. The maximum Gasteiger partial charge on any atom is 0.120 e. The Bertz CT molecular complexity index is 510. The van der Waals surface area contributed by atoms with Crippen LogP contribution < -0.4 is 10.1 Å². The molecule has 1 N–H and O–H groups in total. The van der Waals surface area contributed by atoms with Gasteiger partial charge in [-0.1, -0.05) is 56.2 Å². The quantitative estimate of drug-likeness (QED) is 0.760.